The van der Waals surface area contributed by atoms with Gasteiger partial charge in [-0.15, -0.1) is 0 Å². The Kier molecular flexibility index (Phi) is 32.8. The summed E-state index contributed by atoms with van der Waals surface area (Å²) in [5, 5.41) is 21.5. The van der Waals surface area contributed by atoms with Crippen molar-refractivity contribution < 1.29 is 51.4 Å². The van der Waals surface area contributed by atoms with Gasteiger partial charge in [-0.3, -0.25) is 9.69 Å². The number of aryl methyl sites for hydroxylation is 2. The van der Waals surface area contributed by atoms with Gasteiger partial charge in [0, 0.05) is 113 Å². The van der Waals surface area contributed by atoms with Crippen LogP contribution in [0.1, 0.15) is 113 Å². The van der Waals surface area contributed by atoms with Crippen molar-refractivity contribution in [1.29, 1.82) is 0 Å². The van der Waals surface area contributed by atoms with E-state index in [1.807, 2.05) is 77.4 Å². The third kappa shape index (κ3) is 26.6. The van der Waals surface area contributed by atoms with E-state index < -0.39 is 17.8 Å². The smallest absolute Gasteiger partial charge is 0.416 e. The van der Waals surface area contributed by atoms with Crippen LogP contribution in [0.2, 0.25) is 15.1 Å². The van der Waals surface area contributed by atoms with E-state index in [1.54, 1.807) is 58.6 Å². The summed E-state index contributed by atoms with van der Waals surface area (Å²) >= 11 is 18.1. The lowest BCUT2D eigenvalue weighted by Crippen LogP contribution is -2.49. The molecule has 20 nitrogen and oxygen atoms in total. The van der Waals surface area contributed by atoms with Crippen LogP contribution in [0, 0.1) is 6.92 Å². The van der Waals surface area contributed by atoms with E-state index in [0.717, 1.165) is 168 Å². The van der Waals surface area contributed by atoms with Crippen molar-refractivity contribution in [1.82, 2.24) is 40.4 Å². The summed E-state index contributed by atoms with van der Waals surface area (Å²) in [6.45, 7) is 20.6. The van der Waals surface area contributed by atoms with E-state index in [4.69, 9.17) is 49.0 Å². The highest BCUT2D eigenvalue weighted by Crippen LogP contribution is 2.35. The summed E-state index contributed by atoms with van der Waals surface area (Å²) in [4.78, 5) is 71.8. The van der Waals surface area contributed by atoms with Crippen LogP contribution in [0.3, 0.4) is 0 Å². The molecule has 0 aromatic heterocycles. The maximum Gasteiger partial charge on any atom is 0.416 e. The molecule has 0 saturated carbocycles. The maximum absolute atomic E-state index is 13.2. The Morgan fingerprint density at radius 3 is 1.63 bits per heavy atom. The second kappa shape index (κ2) is 41.2. The molecule has 7 N–H and O–H groups in total. The van der Waals surface area contributed by atoms with Gasteiger partial charge in [-0.25, -0.2) is 19.2 Å². The number of hydrogen-bond acceptors (Lipinski definition) is 11. The maximum atomic E-state index is 13.2. The van der Waals surface area contributed by atoms with E-state index in [-0.39, 0.29) is 53.9 Å². The van der Waals surface area contributed by atoms with Crippen LogP contribution in [0.15, 0.2) is 127 Å². The number of methoxy groups -OCH3 is 3. The zero-order valence-electron chi connectivity index (χ0n) is 59.8. The zero-order valence-corrected chi connectivity index (χ0v) is 62.0. The standard InChI is InChI=1S/C24H33N3O3.C22H26ClN3O3.C15H21Cl2N3O.C15H20F3N3O/c1-5-19-14-18(15-22(29-3)23(19)30-4)16-27-11-9-20(10-12-27)25-24(28)26-21-8-6-7-17(2)13-21;1-16(27)25-13-11-18(12-14-25)26(15-17-7-9-19(29-2)10-8-17)22(28)24-21-6-4-3-5-20(21)23;1-2-7-20-8-5-12(6-9-20)18-15(21)19-14-4-3-11(16)10-13(14)17;1-2-21-8-6-12(7-9-21)19-14(22)20-13-5-3-4-11(10-13)15(16,17)18/h6-8,13-15,20H,5,9-12,16H2,1-4H3,(H2,25,26,28);3-10,18H,11-15H2,1-2H3,(H,24,28);3-4,10,12H,2,5-9H2,1H3,(H2,18,19,21);3-5,10,12H,2,6-9H2,1H3,(H2,19,20,22). The number of nitrogens with zero attached hydrogens (tertiary/aromatic N) is 5. The molecule has 4 saturated heterocycles. The number of ether oxygens (including phenoxy) is 3. The minimum absolute atomic E-state index is 0.0372. The fourth-order valence-electron chi connectivity index (χ4n) is 12.6. The van der Waals surface area contributed by atoms with Crippen LogP contribution in [0.25, 0.3) is 0 Å². The predicted octanol–water partition coefficient (Wildman–Crippen LogP) is 16.1. The Morgan fingerprint density at radius 2 is 1.11 bits per heavy atom. The Morgan fingerprint density at radius 1 is 0.549 bits per heavy atom. The Bertz CT molecular complexity index is 3620. The minimum atomic E-state index is -4.42. The van der Waals surface area contributed by atoms with Crippen LogP contribution >= 0.6 is 34.8 Å². The fraction of sp³-hybridized carbons (Fsp3) is 0.461. The third-order valence-electron chi connectivity index (χ3n) is 18.3. The average Bonchev–Trinajstić information content (AvgIpc) is 0.824. The SMILES string of the molecule is CCCN1CCC(NC(=O)Nc2ccc(Cl)cc2Cl)CC1.CCN1CCC(NC(=O)Nc2cccc(C(F)(F)F)c2)CC1.CCc1cc(CN2CCC(NC(=O)Nc3cccc(C)c3)CC2)cc(OC)c1OC.COc1ccc(CN(C(=O)Nc2ccccc2Cl)C2CCN(C(C)=O)CC2)cc1. The van der Waals surface area contributed by atoms with Gasteiger partial charge in [-0.2, -0.15) is 13.2 Å². The molecule has 10 rings (SSSR count). The van der Waals surface area contributed by atoms with Gasteiger partial charge in [0.05, 0.1) is 48.3 Å². The van der Waals surface area contributed by atoms with E-state index in [1.165, 1.54) is 24.1 Å². The quantitative estimate of drug-likeness (QED) is 0.0405. The number of rotatable bonds is 19. The number of hydrogen-bond donors (Lipinski definition) is 7. The van der Waals surface area contributed by atoms with Gasteiger partial charge < -0.3 is 71.0 Å². The Labute approximate surface area is 614 Å². The van der Waals surface area contributed by atoms with Gasteiger partial charge in [0.1, 0.15) is 5.75 Å². The molecule has 0 radical (unpaired) electrons. The molecule has 0 spiro atoms. The molecular weight excluding hydrogens is 1370 g/mol. The van der Waals surface area contributed by atoms with Crippen LogP contribution in [0.5, 0.6) is 17.2 Å². The molecule has 9 amide bonds. The molecule has 6 aromatic rings. The number of halogens is 6. The van der Waals surface area contributed by atoms with Crippen molar-refractivity contribution in [2.24, 2.45) is 0 Å². The molecule has 4 aliphatic heterocycles. The highest BCUT2D eigenvalue weighted by Gasteiger charge is 2.32. The Hall–Kier alpha value is -8.19. The van der Waals surface area contributed by atoms with Gasteiger partial charge in [0.15, 0.2) is 11.5 Å². The Balaban J connectivity index is 0.000000193. The summed E-state index contributed by atoms with van der Waals surface area (Å²) in [6.07, 6.45) is 4.70. The largest absolute Gasteiger partial charge is 0.497 e. The number of nitrogens with one attached hydrogen (secondary N) is 7. The van der Waals surface area contributed by atoms with Crippen LogP contribution < -0.4 is 51.4 Å². The van der Waals surface area contributed by atoms with Gasteiger partial charge in [-0.1, -0.05) is 104 Å². The highest BCUT2D eigenvalue weighted by molar-refractivity contribution is 6.36. The van der Waals surface area contributed by atoms with Crippen LogP contribution in [-0.4, -0.2) is 165 Å². The van der Waals surface area contributed by atoms with E-state index in [9.17, 15) is 37.1 Å². The van der Waals surface area contributed by atoms with Gasteiger partial charge in [0.25, 0.3) is 0 Å². The van der Waals surface area contributed by atoms with Crippen LogP contribution in [-0.2, 0) is 30.5 Å². The lowest BCUT2D eigenvalue weighted by molar-refractivity contribution is -0.137. The van der Waals surface area contributed by atoms with Crippen molar-refractivity contribution in [2.75, 3.05) is 108 Å². The van der Waals surface area contributed by atoms with Gasteiger partial charge in [0.2, 0.25) is 5.91 Å². The summed E-state index contributed by atoms with van der Waals surface area (Å²) < 4.78 is 54.1. The second-order valence-electron chi connectivity index (χ2n) is 25.7. The summed E-state index contributed by atoms with van der Waals surface area (Å²) in [5.41, 5.74) is 5.87. The van der Waals surface area contributed by atoms with Crippen LogP contribution in [0.4, 0.5) is 55.1 Å². The van der Waals surface area contributed by atoms with E-state index in [2.05, 4.69) is 84.8 Å². The normalized spacial score (nSPS) is 15.6. The van der Waals surface area contributed by atoms with Gasteiger partial charge in [-0.05, 0) is 185 Å². The van der Waals surface area contributed by atoms with Gasteiger partial charge >= 0.3 is 30.3 Å². The molecule has 4 aliphatic rings. The van der Waals surface area contributed by atoms with E-state index in [0.29, 0.717) is 46.1 Å². The number of likely N-dealkylation sites (tertiary alicyclic amines) is 4. The van der Waals surface area contributed by atoms with Crippen molar-refractivity contribution in [2.45, 2.75) is 142 Å². The first-order chi connectivity index (χ1) is 48.9. The number of amides is 9. The summed E-state index contributed by atoms with van der Waals surface area (Å²) in [5.74, 6) is 2.46. The lowest BCUT2D eigenvalue weighted by Gasteiger charge is -2.38. The van der Waals surface area contributed by atoms with Crippen molar-refractivity contribution in [3.63, 3.8) is 0 Å². The molecular formula is C76H100Cl3F3N12O8. The second-order valence-corrected chi connectivity index (χ2v) is 27.0. The molecule has 102 heavy (non-hydrogen) atoms. The first kappa shape index (κ1) is 81.1. The molecule has 0 aliphatic carbocycles. The van der Waals surface area contributed by atoms with Crippen molar-refractivity contribution in [3.8, 4) is 17.2 Å². The first-order valence-electron chi connectivity index (χ1n) is 35.0. The fourth-order valence-corrected chi connectivity index (χ4v) is 13.3. The van der Waals surface area contributed by atoms with Crippen molar-refractivity contribution >= 4 is 87.6 Å². The molecule has 0 bridgehead atoms. The number of anilines is 4. The summed E-state index contributed by atoms with van der Waals surface area (Å²) in [6, 6.07) is 36.1. The topological polar surface area (TPSA) is 213 Å². The highest BCUT2D eigenvalue weighted by atomic mass is 35.5. The molecule has 6 aromatic carbocycles. The number of piperidine rings is 4. The number of carbonyl (C=O) groups excluding carboxylic acids is 5. The minimum Gasteiger partial charge on any atom is -0.497 e. The molecule has 4 heterocycles. The average molecular weight is 1470 g/mol. The molecule has 554 valence electrons. The molecule has 0 unspecified atom stereocenters. The molecule has 0 atom stereocenters. The molecule has 4 fully saturated rings. The zero-order chi connectivity index (χ0) is 73.7. The number of benzene rings is 6. The number of alkyl halides is 3. The summed E-state index contributed by atoms with van der Waals surface area (Å²) in [7, 11) is 4.99. The lowest BCUT2D eigenvalue weighted by atomic mass is 10.0. The third-order valence-corrected chi connectivity index (χ3v) is 19.2. The predicted molar refractivity (Wildman–Crippen MR) is 402 cm³/mol. The number of urea groups is 4. The number of para-hydroxylation sites is 1. The molecule has 26 heteroatoms. The number of carbonyl (C=O) groups is 5. The van der Waals surface area contributed by atoms with E-state index >= 15 is 0 Å². The first-order valence-corrected chi connectivity index (χ1v) is 36.1. The van der Waals surface area contributed by atoms with Crippen molar-refractivity contribution in [3.05, 3.63) is 170 Å². The monoisotopic (exact) mass is 1470 g/mol.